The fraction of sp³-hybridized carbons (Fsp3) is 0.0870. The van der Waals surface area contributed by atoms with Gasteiger partial charge in [-0.05, 0) is 56.3 Å². The Labute approximate surface area is 183 Å². The summed E-state index contributed by atoms with van der Waals surface area (Å²) >= 11 is 12.1. The average molecular weight is 439 g/mol. The van der Waals surface area contributed by atoms with Crippen molar-refractivity contribution in [3.05, 3.63) is 81.5 Å². The summed E-state index contributed by atoms with van der Waals surface area (Å²) in [5.74, 6) is 0.781. The maximum Gasteiger partial charge on any atom is 0.280 e. The standard InChI is InChI=1S/C23H16Cl2N2O3/c1-13-21(23(29)27(26-13)19-10-17(24)9-18(25)11-19)12-20-6-7-22(30-20)16-5-3-4-15(8-16)14(2)28/h3-12H,1-2H3. The van der Waals surface area contributed by atoms with Crippen molar-refractivity contribution in [2.45, 2.75) is 13.8 Å². The van der Waals surface area contributed by atoms with E-state index in [0.717, 1.165) is 5.56 Å². The first-order valence-corrected chi connectivity index (χ1v) is 9.86. The third-order valence-corrected chi connectivity index (χ3v) is 5.06. The molecule has 2 aromatic carbocycles. The highest BCUT2D eigenvalue weighted by atomic mass is 35.5. The van der Waals surface area contributed by atoms with E-state index in [9.17, 15) is 9.59 Å². The number of benzene rings is 2. The van der Waals surface area contributed by atoms with Gasteiger partial charge in [0.2, 0.25) is 0 Å². The first kappa shape index (κ1) is 20.1. The molecule has 0 bridgehead atoms. The molecule has 1 aliphatic rings. The minimum Gasteiger partial charge on any atom is -0.457 e. The molecule has 0 saturated heterocycles. The van der Waals surface area contributed by atoms with Crippen LogP contribution in [0.5, 0.6) is 0 Å². The van der Waals surface area contributed by atoms with Crippen LogP contribution in [0.25, 0.3) is 17.4 Å². The van der Waals surface area contributed by atoms with Gasteiger partial charge in [0.15, 0.2) is 5.78 Å². The highest BCUT2D eigenvalue weighted by Crippen LogP contribution is 2.31. The van der Waals surface area contributed by atoms with Crippen LogP contribution in [0.3, 0.4) is 0 Å². The predicted octanol–water partition coefficient (Wildman–Crippen LogP) is 6.26. The number of hydrazone groups is 1. The number of Topliss-reactive ketones (excluding diaryl/α,β-unsaturated/α-hetero) is 1. The van der Waals surface area contributed by atoms with Crippen LogP contribution in [0.2, 0.25) is 10.0 Å². The zero-order chi connectivity index (χ0) is 21.4. The first-order chi connectivity index (χ1) is 14.3. The third kappa shape index (κ3) is 3.95. The van der Waals surface area contributed by atoms with E-state index in [-0.39, 0.29) is 11.7 Å². The summed E-state index contributed by atoms with van der Waals surface area (Å²) in [6.07, 6.45) is 1.64. The van der Waals surface area contributed by atoms with E-state index in [4.69, 9.17) is 27.6 Å². The predicted molar refractivity (Wildman–Crippen MR) is 119 cm³/mol. The number of furan rings is 1. The average Bonchev–Trinajstić information content (AvgIpc) is 3.27. The van der Waals surface area contributed by atoms with Gasteiger partial charge in [0.25, 0.3) is 5.91 Å². The highest BCUT2D eigenvalue weighted by molar-refractivity contribution is 6.36. The Kier molecular flexibility index (Phi) is 5.33. The van der Waals surface area contributed by atoms with Crippen LogP contribution in [-0.4, -0.2) is 17.4 Å². The van der Waals surface area contributed by atoms with Gasteiger partial charge in [-0.15, -0.1) is 0 Å². The minimum absolute atomic E-state index is 0.0182. The van der Waals surface area contributed by atoms with Crippen LogP contribution in [0.1, 0.15) is 30.0 Å². The summed E-state index contributed by atoms with van der Waals surface area (Å²) in [7, 11) is 0. The number of anilines is 1. The molecule has 3 aromatic rings. The summed E-state index contributed by atoms with van der Waals surface area (Å²) in [6.45, 7) is 3.26. The fourth-order valence-corrected chi connectivity index (χ4v) is 3.65. The molecule has 0 aliphatic carbocycles. The van der Waals surface area contributed by atoms with Crippen molar-refractivity contribution in [3.63, 3.8) is 0 Å². The summed E-state index contributed by atoms with van der Waals surface area (Å²) in [5.41, 5.74) is 2.83. The molecule has 0 atom stereocenters. The number of ketones is 1. The van der Waals surface area contributed by atoms with E-state index < -0.39 is 0 Å². The van der Waals surface area contributed by atoms with E-state index in [2.05, 4.69) is 5.10 Å². The van der Waals surface area contributed by atoms with Gasteiger partial charge in [0.1, 0.15) is 11.5 Å². The van der Waals surface area contributed by atoms with Crippen LogP contribution in [0.4, 0.5) is 5.69 Å². The van der Waals surface area contributed by atoms with Crippen molar-refractivity contribution in [3.8, 4) is 11.3 Å². The van der Waals surface area contributed by atoms with Gasteiger partial charge in [-0.2, -0.15) is 10.1 Å². The Morgan fingerprint density at radius 2 is 1.80 bits per heavy atom. The number of amides is 1. The van der Waals surface area contributed by atoms with Crippen LogP contribution < -0.4 is 5.01 Å². The molecule has 4 rings (SSSR count). The van der Waals surface area contributed by atoms with Crippen molar-refractivity contribution >= 4 is 52.4 Å². The quantitative estimate of drug-likeness (QED) is 0.356. The van der Waals surface area contributed by atoms with Gasteiger partial charge in [-0.25, -0.2) is 0 Å². The van der Waals surface area contributed by atoms with Crippen molar-refractivity contribution < 1.29 is 14.0 Å². The zero-order valence-electron chi connectivity index (χ0n) is 16.1. The lowest BCUT2D eigenvalue weighted by Crippen LogP contribution is -2.21. The van der Waals surface area contributed by atoms with Crippen molar-refractivity contribution in [2.24, 2.45) is 5.10 Å². The lowest BCUT2D eigenvalue weighted by atomic mass is 10.1. The molecular weight excluding hydrogens is 423 g/mol. The second-order valence-corrected chi connectivity index (χ2v) is 7.70. The molecule has 0 radical (unpaired) electrons. The molecule has 5 nitrogen and oxygen atoms in total. The summed E-state index contributed by atoms with van der Waals surface area (Å²) < 4.78 is 5.89. The van der Waals surface area contributed by atoms with Crippen molar-refractivity contribution in [1.82, 2.24) is 0 Å². The molecule has 0 spiro atoms. The maximum atomic E-state index is 12.9. The van der Waals surface area contributed by atoms with Gasteiger partial charge in [0, 0.05) is 21.2 Å². The van der Waals surface area contributed by atoms with E-state index in [1.165, 1.54) is 11.9 Å². The van der Waals surface area contributed by atoms with E-state index in [1.807, 2.05) is 6.07 Å². The second-order valence-electron chi connectivity index (χ2n) is 6.83. The molecule has 1 aliphatic heterocycles. The smallest absolute Gasteiger partial charge is 0.280 e. The van der Waals surface area contributed by atoms with Crippen LogP contribution in [0, 0.1) is 0 Å². The van der Waals surface area contributed by atoms with Gasteiger partial charge in [-0.1, -0.05) is 41.4 Å². The summed E-state index contributed by atoms with van der Waals surface area (Å²) in [6, 6.07) is 15.6. The van der Waals surface area contributed by atoms with Gasteiger partial charge < -0.3 is 4.42 Å². The highest BCUT2D eigenvalue weighted by Gasteiger charge is 2.29. The Balaban J connectivity index is 1.63. The second kappa shape index (κ2) is 7.94. The number of halogens is 2. The Morgan fingerprint density at radius 3 is 2.50 bits per heavy atom. The monoisotopic (exact) mass is 438 g/mol. The lowest BCUT2D eigenvalue weighted by Gasteiger charge is -2.12. The minimum atomic E-state index is -0.303. The normalized spacial score (nSPS) is 15.1. The lowest BCUT2D eigenvalue weighted by molar-refractivity contribution is -0.114. The van der Waals surface area contributed by atoms with Gasteiger partial charge >= 0.3 is 0 Å². The molecule has 0 fully saturated rings. The molecule has 2 heterocycles. The Hall–Kier alpha value is -3.15. The molecule has 150 valence electrons. The largest absolute Gasteiger partial charge is 0.457 e. The van der Waals surface area contributed by atoms with Crippen molar-refractivity contribution in [1.29, 1.82) is 0 Å². The molecule has 1 aromatic heterocycles. The van der Waals surface area contributed by atoms with E-state index >= 15 is 0 Å². The van der Waals surface area contributed by atoms with Crippen LogP contribution in [0.15, 0.2) is 69.7 Å². The number of nitrogens with zero attached hydrogens (tertiary/aromatic N) is 2. The Bertz CT molecular complexity index is 1220. The van der Waals surface area contributed by atoms with Gasteiger partial charge in [0.05, 0.1) is 17.0 Å². The van der Waals surface area contributed by atoms with E-state index in [1.54, 1.807) is 61.5 Å². The SMILES string of the molecule is CC(=O)c1cccc(-c2ccc(C=C3C(=O)N(c4cc(Cl)cc(Cl)c4)N=C3C)o2)c1. The number of hydrogen-bond donors (Lipinski definition) is 0. The zero-order valence-corrected chi connectivity index (χ0v) is 17.7. The fourth-order valence-electron chi connectivity index (χ4n) is 3.14. The summed E-state index contributed by atoms with van der Waals surface area (Å²) in [4.78, 5) is 24.5. The maximum absolute atomic E-state index is 12.9. The molecule has 1 amide bonds. The number of carbonyl (C=O) groups excluding carboxylic acids is 2. The summed E-state index contributed by atoms with van der Waals surface area (Å²) in [5, 5.41) is 6.43. The molecular formula is C23H16Cl2N2O3. The third-order valence-electron chi connectivity index (χ3n) is 4.62. The molecule has 0 saturated carbocycles. The molecule has 30 heavy (non-hydrogen) atoms. The van der Waals surface area contributed by atoms with Crippen LogP contribution >= 0.6 is 23.2 Å². The number of rotatable bonds is 4. The van der Waals surface area contributed by atoms with Crippen molar-refractivity contribution in [2.75, 3.05) is 5.01 Å². The number of carbonyl (C=O) groups is 2. The van der Waals surface area contributed by atoms with Gasteiger partial charge in [-0.3, -0.25) is 9.59 Å². The van der Waals surface area contributed by atoms with E-state index in [0.29, 0.717) is 44.1 Å². The molecule has 0 N–H and O–H groups in total. The first-order valence-electron chi connectivity index (χ1n) is 9.11. The molecule has 0 unspecified atom stereocenters. The Morgan fingerprint density at radius 1 is 1.07 bits per heavy atom. The number of hydrogen-bond acceptors (Lipinski definition) is 4. The van der Waals surface area contributed by atoms with Crippen LogP contribution in [-0.2, 0) is 4.79 Å². The molecule has 7 heteroatoms. The topological polar surface area (TPSA) is 62.9 Å².